The molecule has 4 amide bonds. The van der Waals surface area contributed by atoms with Gasteiger partial charge in [0.1, 0.15) is 11.6 Å². The quantitative estimate of drug-likeness (QED) is 0.393. The van der Waals surface area contributed by atoms with Crippen LogP contribution in [0.25, 0.3) is 0 Å². The lowest BCUT2D eigenvalue weighted by atomic mass is 9.95. The Labute approximate surface area is 236 Å². The Morgan fingerprint density at radius 2 is 1.62 bits per heavy atom. The lowest BCUT2D eigenvalue weighted by molar-refractivity contribution is -0.155. The number of hydrogen-bond donors (Lipinski definition) is 1. The van der Waals surface area contributed by atoms with Crippen molar-refractivity contribution in [3.8, 4) is 0 Å². The predicted molar refractivity (Wildman–Crippen MR) is 143 cm³/mol. The molecule has 0 spiro atoms. The average molecular weight is 593 g/mol. The van der Waals surface area contributed by atoms with E-state index in [4.69, 9.17) is 17.9 Å². The third kappa shape index (κ3) is 9.47. The van der Waals surface area contributed by atoms with Gasteiger partial charge in [-0.1, -0.05) is 0 Å². The smallest absolute Gasteiger partial charge is 0.421 e. The van der Waals surface area contributed by atoms with Crippen LogP contribution in [0.1, 0.15) is 74.1 Å². The summed E-state index contributed by atoms with van der Waals surface area (Å²) < 4.78 is 45.3. The number of nitrogens with zero attached hydrogens (tertiary/aromatic N) is 3. The summed E-state index contributed by atoms with van der Waals surface area (Å²) in [6, 6.07) is -2.58. The summed E-state index contributed by atoms with van der Waals surface area (Å²) in [7, 11) is -3.33. The van der Waals surface area contributed by atoms with Crippen molar-refractivity contribution in [1.82, 2.24) is 20.2 Å². The fourth-order valence-corrected chi connectivity index (χ4v) is 5.04. The topological polar surface area (TPSA) is 161 Å². The van der Waals surface area contributed by atoms with Gasteiger partial charge >= 0.3 is 28.5 Å². The number of rotatable bonds is 9. The Morgan fingerprint density at radius 3 is 2.17 bits per heavy atom. The highest BCUT2D eigenvalue weighted by Crippen LogP contribution is 2.25. The van der Waals surface area contributed by atoms with Crippen molar-refractivity contribution in [2.75, 3.05) is 33.4 Å². The molecular weight excluding hydrogens is 548 g/mol. The maximum Gasteiger partial charge on any atom is 0.421 e. The minimum atomic E-state index is -4.72. The molecule has 0 aromatic rings. The zero-order chi connectivity index (χ0) is 30.5. The van der Waals surface area contributed by atoms with Crippen LogP contribution >= 0.6 is 0 Å². The molecule has 2 fully saturated rings. The number of urea groups is 1. The Bertz CT molecular complexity index is 1030. The lowest BCUT2D eigenvalue weighted by Gasteiger charge is -2.35. The molecule has 2 saturated heterocycles. The van der Waals surface area contributed by atoms with Crippen LogP contribution in [0.4, 0.5) is 9.59 Å². The number of nitrogens with one attached hydrogen (secondary N) is 1. The van der Waals surface area contributed by atoms with Crippen LogP contribution in [-0.2, 0) is 37.9 Å². The summed E-state index contributed by atoms with van der Waals surface area (Å²) in [5.74, 6) is -1.02. The Morgan fingerprint density at radius 1 is 1.02 bits per heavy atom. The van der Waals surface area contributed by atoms with Crippen molar-refractivity contribution in [2.45, 2.75) is 97.9 Å². The van der Waals surface area contributed by atoms with Gasteiger partial charge in [0, 0.05) is 26.2 Å². The molecule has 0 aromatic heterocycles. The monoisotopic (exact) mass is 592 g/mol. The van der Waals surface area contributed by atoms with Crippen LogP contribution in [0.3, 0.4) is 0 Å². The van der Waals surface area contributed by atoms with Crippen molar-refractivity contribution >= 4 is 34.4 Å². The van der Waals surface area contributed by atoms with E-state index in [0.29, 0.717) is 31.0 Å². The molecule has 2 aliphatic heterocycles. The molecule has 0 aliphatic carbocycles. The van der Waals surface area contributed by atoms with Crippen LogP contribution < -0.4 is 5.32 Å². The van der Waals surface area contributed by atoms with Crippen molar-refractivity contribution < 1.29 is 45.5 Å². The molecular formula is C25H44N4O10S. The van der Waals surface area contributed by atoms with Crippen molar-refractivity contribution in [2.24, 2.45) is 5.41 Å². The maximum atomic E-state index is 13.2. The van der Waals surface area contributed by atoms with Gasteiger partial charge in [-0.2, -0.15) is 13.5 Å². The van der Waals surface area contributed by atoms with E-state index in [-0.39, 0.29) is 31.4 Å². The Balaban J connectivity index is 1.97. The van der Waals surface area contributed by atoms with E-state index in [2.05, 4.69) is 5.32 Å². The van der Waals surface area contributed by atoms with Gasteiger partial charge in [-0.25, -0.2) is 13.8 Å². The van der Waals surface area contributed by atoms with E-state index < -0.39 is 58.2 Å². The second kappa shape index (κ2) is 13.3. The van der Waals surface area contributed by atoms with Gasteiger partial charge in [0.2, 0.25) is 5.91 Å². The van der Waals surface area contributed by atoms with E-state index in [1.54, 1.807) is 39.5 Å². The van der Waals surface area contributed by atoms with E-state index in [1.807, 2.05) is 0 Å². The fourth-order valence-electron chi connectivity index (χ4n) is 4.15. The third-order valence-electron chi connectivity index (χ3n) is 6.58. The zero-order valence-electron chi connectivity index (χ0n) is 24.7. The molecule has 2 heterocycles. The molecule has 15 heteroatoms. The summed E-state index contributed by atoms with van der Waals surface area (Å²) in [5.41, 5.74) is -1.87. The van der Waals surface area contributed by atoms with E-state index in [9.17, 15) is 27.6 Å². The van der Waals surface area contributed by atoms with Crippen LogP contribution in [0.2, 0.25) is 0 Å². The maximum absolute atomic E-state index is 13.2. The number of carbonyl (C=O) groups is 4. The SMILES string of the molecule is CCOC(=O)C(C)(C)COS(=O)(=O)ON1C(=O)N(C)[C@H](C(=O)NC2CCN(C(=O)OC(C)(C)C)CC2)CC[C@@H]1C. The molecule has 0 aromatic carbocycles. The van der Waals surface area contributed by atoms with Gasteiger partial charge in [0.15, 0.2) is 0 Å². The van der Waals surface area contributed by atoms with Gasteiger partial charge in [0.05, 0.1) is 24.7 Å². The first kappa shape index (κ1) is 33.6. The summed E-state index contributed by atoms with van der Waals surface area (Å²) >= 11 is 0. The van der Waals surface area contributed by atoms with Gasteiger partial charge in [-0.05, 0) is 74.1 Å². The predicted octanol–water partition coefficient (Wildman–Crippen LogP) is 2.19. The van der Waals surface area contributed by atoms with Crippen molar-refractivity contribution in [3.05, 3.63) is 0 Å². The van der Waals surface area contributed by atoms with Crippen molar-refractivity contribution in [3.63, 3.8) is 0 Å². The first-order valence-electron chi connectivity index (χ1n) is 13.5. The molecule has 14 nitrogen and oxygen atoms in total. The van der Waals surface area contributed by atoms with Crippen molar-refractivity contribution in [1.29, 1.82) is 0 Å². The number of likely N-dealkylation sites (tertiary alicyclic amines) is 1. The van der Waals surface area contributed by atoms with Crippen LogP contribution in [0.15, 0.2) is 0 Å². The Hall–Kier alpha value is -2.65. The number of carbonyl (C=O) groups excluding carboxylic acids is 4. The first-order chi connectivity index (χ1) is 18.4. The minimum Gasteiger partial charge on any atom is -0.466 e. The first-order valence-corrected chi connectivity index (χ1v) is 14.8. The standard InChI is InChI=1S/C25H44N4O10S/c1-9-36-21(31)25(6,7)16-37-40(34,35)39-29-17(2)10-11-19(27(8)22(29)32)20(30)26-18-12-14-28(15-13-18)23(33)38-24(3,4)5/h17-19H,9-16H2,1-8H3,(H,26,30)/t17-,19-/m0/s1. The van der Waals surface area contributed by atoms with E-state index in [1.165, 1.54) is 20.9 Å². The highest BCUT2D eigenvalue weighted by molar-refractivity contribution is 7.81. The number of hydroxylamine groups is 2. The van der Waals surface area contributed by atoms with Crippen LogP contribution in [0, 0.1) is 5.41 Å². The molecule has 2 aliphatic rings. The van der Waals surface area contributed by atoms with E-state index in [0.717, 1.165) is 4.90 Å². The highest BCUT2D eigenvalue weighted by Gasteiger charge is 2.41. The van der Waals surface area contributed by atoms with Gasteiger partial charge < -0.3 is 24.6 Å². The lowest BCUT2D eigenvalue weighted by Crippen LogP contribution is -2.54. The number of likely N-dealkylation sites (N-methyl/N-ethyl adjacent to an activating group) is 1. The van der Waals surface area contributed by atoms with E-state index >= 15 is 0 Å². The molecule has 0 unspecified atom stereocenters. The second-order valence-electron chi connectivity index (χ2n) is 11.8. The third-order valence-corrected chi connectivity index (χ3v) is 7.33. The molecule has 2 rings (SSSR count). The zero-order valence-corrected chi connectivity index (χ0v) is 25.5. The van der Waals surface area contributed by atoms with Crippen LogP contribution in [0.5, 0.6) is 0 Å². The molecule has 1 N–H and O–H groups in total. The number of piperidine rings is 1. The number of amides is 4. The average Bonchev–Trinajstić information content (AvgIpc) is 2.94. The molecule has 0 saturated carbocycles. The van der Waals surface area contributed by atoms with Gasteiger partial charge in [0.25, 0.3) is 0 Å². The molecule has 230 valence electrons. The molecule has 2 atom stereocenters. The summed E-state index contributed by atoms with van der Waals surface area (Å²) in [6.07, 6.45) is 1.19. The Kier molecular flexibility index (Phi) is 11.2. The van der Waals surface area contributed by atoms with Gasteiger partial charge in [-0.15, -0.1) is 4.28 Å². The minimum absolute atomic E-state index is 0.123. The largest absolute Gasteiger partial charge is 0.466 e. The number of esters is 1. The molecule has 0 bridgehead atoms. The summed E-state index contributed by atoms with van der Waals surface area (Å²) in [6.45, 7) is 11.9. The summed E-state index contributed by atoms with van der Waals surface area (Å²) in [4.78, 5) is 53.4. The molecule has 0 radical (unpaired) electrons. The molecule has 40 heavy (non-hydrogen) atoms. The highest BCUT2D eigenvalue weighted by atomic mass is 32.3. The normalized spacial score (nSPS) is 21.6. The van der Waals surface area contributed by atoms with Crippen LogP contribution in [-0.4, -0.2) is 104 Å². The number of hydrogen-bond acceptors (Lipinski definition) is 10. The fraction of sp³-hybridized carbons (Fsp3) is 0.840. The summed E-state index contributed by atoms with van der Waals surface area (Å²) in [5, 5.41) is 3.62. The van der Waals surface area contributed by atoms with Gasteiger partial charge in [-0.3, -0.25) is 9.59 Å². The number of ether oxygens (including phenoxy) is 2. The second-order valence-corrected chi connectivity index (χ2v) is 13.0.